The summed E-state index contributed by atoms with van der Waals surface area (Å²) in [5.41, 5.74) is 2.71. The molecule has 0 aromatic heterocycles. The highest BCUT2D eigenvalue weighted by atomic mass is 19.4. The molecule has 1 amide bonds. The first-order chi connectivity index (χ1) is 10.7. The highest BCUT2D eigenvalue weighted by Crippen LogP contribution is 2.37. The molecule has 1 aromatic rings. The average molecular weight is 332 g/mol. The summed E-state index contributed by atoms with van der Waals surface area (Å²) in [5, 5.41) is 16.8. The molecule has 2 rings (SSSR count). The van der Waals surface area contributed by atoms with Crippen molar-refractivity contribution in [2.75, 3.05) is 11.9 Å². The Hall–Kier alpha value is -2.85. The molecule has 1 aliphatic rings. The predicted octanol–water partition coefficient (Wildman–Crippen LogP) is 1.66. The minimum Gasteiger partial charge on any atom is -0.390 e. The summed E-state index contributed by atoms with van der Waals surface area (Å²) < 4.78 is 38.5. The van der Waals surface area contributed by atoms with E-state index in [4.69, 9.17) is 10.6 Å². The molecule has 0 aliphatic carbocycles. The van der Waals surface area contributed by atoms with E-state index in [-0.39, 0.29) is 24.4 Å². The van der Waals surface area contributed by atoms with Gasteiger partial charge in [0, 0.05) is 18.2 Å². The van der Waals surface area contributed by atoms with Crippen LogP contribution in [0.4, 0.5) is 24.5 Å². The molecule has 0 saturated heterocycles. The van der Waals surface area contributed by atoms with E-state index in [1.165, 1.54) is 0 Å². The van der Waals surface area contributed by atoms with Gasteiger partial charge in [-0.2, -0.15) is 13.2 Å². The summed E-state index contributed by atoms with van der Waals surface area (Å²) >= 11 is 0. The van der Waals surface area contributed by atoms with Crippen LogP contribution in [0.3, 0.4) is 0 Å². The number of nitrogens with one attached hydrogen (secondary N) is 1. The second-order valence-corrected chi connectivity index (χ2v) is 4.70. The molecule has 1 atom stereocenters. The topological polar surface area (TPSA) is 120 Å². The van der Waals surface area contributed by atoms with Crippen molar-refractivity contribution in [3.63, 3.8) is 0 Å². The van der Waals surface area contributed by atoms with Crippen LogP contribution in [0.2, 0.25) is 0 Å². The number of benzene rings is 1. The molecule has 1 unspecified atom stereocenters. The van der Waals surface area contributed by atoms with Gasteiger partial charge < -0.3 is 15.9 Å². The maximum atomic E-state index is 12.8. The molecule has 0 bridgehead atoms. The van der Waals surface area contributed by atoms with E-state index in [0.29, 0.717) is 6.07 Å². The van der Waals surface area contributed by atoms with E-state index in [0.717, 1.165) is 12.1 Å². The second-order valence-electron chi connectivity index (χ2n) is 4.70. The summed E-state index contributed by atoms with van der Waals surface area (Å²) in [5.74, 6) is -0.734. The predicted molar refractivity (Wildman–Crippen MR) is 72.7 cm³/mol. The van der Waals surface area contributed by atoms with Crippen molar-refractivity contribution in [3.05, 3.63) is 33.9 Å². The Bertz CT molecular complexity index is 675. The van der Waals surface area contributed by atoms with Crippen LogP contribution in [-0.2, 0) is 15.8 Å². The summed E-state index contributed by atoms with van der Waals surface area (Å²) in [4.78, 5) is 25.3. The molecule has 1 heterocycles. The number of nitrogens with two attached hydrogens (primary N) is 1. The Morgan fingerprint density at radius 1 is 1.52 bits per heavy atom. The molecule has 0 fully saturated rings. The maximum absolute atomic E-state index is 12.8. The van der Waals surface area contributed by atoms with E-state index < -0.39 is 34.4 Å². The molecule has 23 heavy (non-hydrogen) atoms. The lowest BCUT2D eigenvalue weighted by Gasteiger charge is -2.13. The van der Waals surface area contributed by atoms with Crippen LogP contribution in [0.25, 0.3) is 0 Å². The van der Waals surface area contributed by atoms with Crippen LogP contribution in [-0.4, -0.2) is 29.2 Å². The number of nitro groups is 1. The number of halogens is 3. The normalized spacial score (nSPS) is 17.3. The number of nitrogens with zero attached hydrogens (tertiary/aromatic N) is 2. The van der Waals surface area contributed by atoms with Crippen LogP contribution in [0.1, 0.15) is 12.0 Å². The zero-order valence-corrected chi connectivity index (χ0v) is 11.5. The molecule has 1 aromatic carbocycles. The van der Waals surface area contributed by atoms with Crippen LogP contribution in [0.15, 0.2) is 23.4 Å². The molecule has 0 saturated carbocycles. The molecule has 11 heteroatoms. The monoisotopic (exact) mass is 332 g/mol. The first-order valence-electron chi connectivity index (χ1n) is 6.30. The third-order valence-corrected chi connectivity index (χ3v) is 3.05. The highest BCUT2D eigenvalue weighted by molar-refractivity contribution is 6.38. The number of carbonyl (C=O) groups is 1. The van der Waals surface area contributed by atoms with Gasteiger partial charge in [0.2, 0.25) is 0 Å². The number of rotatable bonds is 5. The first kappa shape index (κ1) is 16.5. The van der Waals surface area contributed by atoms with Crippen molar-refractivity contribution in [3.8, 4) is 0 Å². The largest absolute Gasteiger partial charge is 0.423 e. The van der Waals surface area contributed by atoms with Crippen LogP contribution in [0, 0.1) is 10.1 Å². The molecule has 124 valence electrons. The Morgan fingerprint density at radius 2 is 2.22 bits per heavy atom. The Labute approximate surface area is 127 Å². The van der Waals surface area contributed by atoms with Crippen molar-refractivity contribution in [2.45, 2.75) is 18.7 Å². The Balaban J connectivity index is 2.07. The lowest BCUT2D eigenvalue weighted by molar-refractivity contribution is -0.388. The van der Waals surface area contributed by atoms with Gasteiger partial charge in [0.15, 0.2) is 6.10 Å². The van der Waals surface area contributed by atoms with E-state index in [1.807, 2.05) is 0 Å². The third kappa shape index (κ3) is 3.87. The van der Waals surface area contributed by atoms with Gasteiger partial charge in [0.25, 0.3) is 11.6 Å². The molecular formula is C12H11F3N4O4. The van der Waals surface area contributed by atoms with Crippen molar-refractivity contribution in [1.29, 1.82) is 0 Å². The molecule has 1 aliphatic heterocycles. The highest BCUT2D eigenvalue weighted by Gasteiger charge is 2.38. The van der Waals surface area contributed by atoms with Crippen LogP contribution < -0.4 is 11.1 Å². The second kappa shape index (κ2) is 6.10. The Kier molecular flexibility index (Phi) is 4.38. The number of alkyl halides is 3. The van der Waals surface area contributed by atoms with Gasteiger partial charge in [-0.1, -0.05) is 5.16 Å². The summed E-state index contributed by atoms with van der Waals surface area (Å²) in [6.45, 7) is 0.0510. The van der Waals surface area contributed by atoms with E-state index in [2.05, 4.69) is 10.5 Å². The van der Waals surface area contributed by atoms with Gasteiger partial charge in [-0.05, 0) is 12.1 Å². The average Bonchev–Trinajstić information content (AvgIpc) is 2.93. The van der Waals surface area contributed by atoms with Crippen molar-refractivity contribution >= 4 is 23.0 Å². The number of nitro benzene ring substituents is 1. The number of hydrogen-bond acceptors (Lipinski definition) is 6. The van der Waals surface area contributed by atoms with Gasteiger partial charge in [-0.3, -0.25) is 14.9 Å². The fraction of sp³-hybridized carbons (Fsp3) is 0.333. The number of amides is 1. The Morgan fingerprint density at radius 3 is 2.74 bits per heavy atom. The fourth-order valence-electron chi connectivity index (χ4n) is 1.95. The summed E-state index contributed by atoms with van der Waals surface area (Å²) in [7, 11) is 0. The van der Waals surface area contributed by atoms with Crippen molar-refractivity contribution in [2.24, 2.45) is 10.9 Å². The third-order valence-electron chi connectivity index (χ3n) is 3.05. The molecular weight excluding hydrogens is 321 g/mol. The fourth-order valence-corrected chi connectivity index (χ4v) is 1.95. The maximum Gasteiger partial charge on any atom is 0.423 e. The minimum absolute atomic E-state index is 0.0269. The van der Waals surface area contributed by atoms with E-state index in [9.17, 15) is 28.1 Å². The van der Waals surface area contributed by atoms with Gasteiger partial charge in [-0.15, -0.1) is 0 Å². The number of hydrogen-bond donors (Lipinski definition) is 2. The SMILES string of the molecule is NC(=O)C1=NOC(CNc2ccc([N+](=O)[O-])c(C(F)(F)F)c2)C1. The molecule has 0 spiro atoms. The standard InChI is InChI=1S/C12H11F3N4O4/c13-12(14,15)8-3-6(1-2-10(8)19(21)22)17-5-7-4-9(11(16)20)18-23-7/h1-3,7,17H,4-5H2,(H2,16,20). The van der Waals surface area contributed by atoms with Crippen LogP contribution in [0.5, 0.6) is 0 Å². The number of oxime groups is 1. The molecule has 3 N–H and O–H groups in total. The zero-order chi connectivity index (χ0) is 17.2. The quantitative estimate of drug-likeness (QED) is 0.627. The van der Waals surface area contributed by atoms with E-state index in [1.54, 1.807) is 0 Å². The van der Waals surface area contributed by atoms with Crippen LogP contribution >= 0.6 is 0 Å². The van der Waals surface area contributed by atoms with Gasteiger partial charge in [-0.25, -0.2) is 0 Å². The van der Waals surface area contributed by atoms with Crippen molar-refractivity contribution in [1.82, 2.24) is 0 Å². The molecule has 8 nitrogen and oxygen atoms in total. The van der Waals surface area contributed by atoms with E-state index >= 15 is 0 Å². The van der Waals surface area contributed by atoms with Gasteiger partial charge >= 0.3 is 6.18 Å². The lowest BCUT2D eigenvalue weighted by atomic mass is 10.1. The summed E-state index contributed by atoms with van der Waals surface area (Å²) in [6.07, 6.45) is -5.30. The zero-order valence-electron chi connectivity index (χ0n) is 11.5. The van der Waals surface area contributed by atoms with Crippen molar-refractivity contribution < 1.29 is 27.7 Å². The van der Waals surface area contributed by atoms with Gasteiger partial charge in [0.1, 0.15) is 11.3 Å². The summed E-state index contributed by atoms with van der Waals surface area (Å²) in [6, 6.07) is 2.56. The molecule has 0 radical (unpaired) electrons. The first-order valence-corrected chi connectivity index (χ1v) is 6.30. The number of carbonyl (C=O) groups excluding carboxylic acids is 1. The number of primary amides is 1. The minimum atomic E-state index is -4.85. The van der Waals surface area contributed by atoms with Gasteiger partial charge in [0.05, 0.1) is 11.5 Å². The smallest absolute Gasteiger partial charge is 0.390 e. The lowest BCUT2D eigenvalue weighted by Crippen LogP contribution is -2.26. The number of anilines is 1.